The number of allylic oxidation sites excluding steroid dienone is 1. The average molecular weight is 524 g/mol. The molecule has 1 atom stereocenters. The van der Waals surface area contributed by atoms with Crippen LogP contribution in [0.5, 0.6) is 0 Å². The number of ether oxygens (including phenoxy) is 1. The second kappa shape index (κ2) is 27.2. The quantitative estimate of drug-likeness (QED) is 0.0642. The third-order valence-corrected chi connectivity index (χ3v) is 6.67. The number of nitrogens with one attached hydrogen (secondary N) is 1. The van der Waals surface area contributed by atoms with Crippen LogP contribution in [0.15, 0.2) is 12.2 Å². The zero-order valence-corrected chi connectivity index (χ0v) is 24.1. The van der Waals surface area contributed by atoms with E-state index in [1.54, 1.807) is 0 Å². The number of carboxylic acid groups (broad SMARTS) is 1. The third-order valence-electron chi connectivity index (χ3n) is 6.67. The van der Waals surface area contributed by atoms with Gasteiger partial charge in [0.15, 0.2) is 0 Å². The van der Waals surface area contributed by atoms with Crippen molar-refractivity contribution in [3.05, 3.63) is 12.2 Å². The molecule has 0 heterocycles. The van der Waals surface area contributed by atoms with Crippen molar-refractivity contribution in [2.24, 2.45) is 0 Å². The molecule has 0 aromatic heterocycles. The van der Waals surface area contributed by atoms with Crippen LogP contribution in [0.25, 0.3) is 0 Å². The first kappa shape index (κ1) is 35.2. The number of esters is 1. The van der Waals surface area contributed by atoms with Crippen LogP contribution in [0.1, 0.15) is 155 Å². The highest BCUT2D eigenvalue weighted by Gasteiger charge is 2.12. The molecule has 0 saturated heterocycles. The van der Waals surface area contributed by atoms with E-state index in [-0.39, 0.29) is 24.5 Å². The van der Waals surface area contributed by atoms with Crippen molar-refractivity contribution in [3.8, 4) is 0 Å². The van der Waals surface area contributed by atoms with Gasteiger partial charge in [-0.2, -0.15) is 0 Å². The summed E-state index contributed by atoms with van der Waals surface area (Å²) in [7, 11) is 0. The molecule has 0 bridgehead atoms. The van der Waals surface area contributed by atoms with Crippen molar-refractivity contribution in [3.63, 3.8) is 0 Å². The summed E-state index contributed by atoms with van der Waals surface area (Å²) in [5.74, 6) is -1.33. The first-order valence-electron chi connectivity index (χ1n) is 15.3. The van der Waals surface area contributed by atoms with Gasteiger partial charge < -0.3 is 15.2 Å². The molecule has 0 saturated carbocycles. The molecule has 0 aliphatic carbocycles. The van der Waals surface area contributed by atoms with Gasteiger partial charge in [0.05, 0.1) is 0 Å². The summed E-state index contributed by atoms with van der Waals surface area (Å²) in [5, 5.41) is 11.0. The van der Waals surface area contributed by atoms with Gasteiger partial charge in [-0.3, -0.25) is 14.4 Å². The zero-order chi connectivity index (χ0) is 27.4. The Morgan fingerprint density at radius 2 is 1.22 bits per heavy atom. The van der Waals surface area contributed by atoms with Gasteiger partial charge in [0.25, 0.3) is 0 Å². The maximum absolute atomic E-state index is 12.4. The van der Waals surface area contributed by atoms with Crippen LogP contribution in [0.4, 0.5) is 0 Å². The molecule has 6 heteroatoms. The van der Waals surface area contributed by atoms with E-state index in [9.17, 15) is 14.4 Å². The number of carbonyl (C=O) groups excluding carboxylic acids is 2. The van der Waals surface area contributed by atoms with Gasteiger partial charge in [-0.15, -0.1) is 0 Å². The molecule has 216 valence electrons. The summed E-state index contributed by atoms with van der Waals surface area (Å²) in [6.07, 6.45) is 27.7. The van der Waals surface area contributed by atoms with Crippen molar-refractivity contribution in [2.45, 2.75) is 161 Å². The lowest BCUT2D eigenvalue weighted by Gasteiger charge is -2.15. The number of unbranched alkanes of at least 4 members (excludes halogenated alkanes) is 16. The third kappa shape index (κ3) is 27.0. The first-order valence-corrected chi connectivity index (χ1v) is 15.3. The van der Waals surface area contributed by atoms with Gasteiger partial charge in [0, 0.05) is 12.8 Å². The molecule has 0 radical (unpaired) electrons. The topological polar surface area (TPSA) is 92.7 Å². The van der Waals surface area contributed by atoms with E-state index in [1.165, 1.54) is 77.0 Å². The fraction of sp³-hybridized carbons (Fsp3) is 0.839. The molecular formula is C31H57NO5. The van der Waals surface area contributed by atoms with E-state index in [0.29, 0.717) is 12.8 Å². The molecule has 0 aliphatic rings. The number of carbonyl (C=O) groups is 3. The predicted molar refractivity (Wildman–Crippen MR) is 153 cm³/mol. The number of aliphatic carboxylic acids is 1. The largest absolute Gasteiger partial charge is 0.480 e. The van der Waals surface area contributed by atoms with Crippen molar-refractivity contribution in [1.29, 1.82) is 0 Å². The standard InChI is InChI=1S/C31H57NO5/c1-3-5-7-9-11-12-14-16-22-26-31(36)37-28(23-19-15-13-10-8-6-4-2)24-20-17-18-21-25-29(33)32-27-30(34)35/h19,23,28H,3-18,20-22,24-27H2,1-2H3,(H,32,33)(H,34,35)/b23-19-. The molecule has 0 spiro atoms. The molecule has 0 fully saturated rings. The number of hydrogen-bond donors (Lipinski definition) is 2. The lowest BCUT2D eigenvalue weighted by molar-refractivity contribution is -0.147. The van der Waals surface area contributed by atoms with E-state index in [1.807, 2.05) is 0 Å². The minimum atomic E-state index is -1.03. The van der Waals surface area contributed by atoms with E-state index < -0.39 is 5.97 Å². The normalized spacial score (nSPS) is 12.1. The minimum Gasteiger partial charge on any atom is -0.480 e. The van der Waals surface area contributed by atoms with Crippen LogP contribution in [0, 0.1) is 0 Å². The fourth-order valence-corrected chi connectivity index (χ4v) is 4.36. The van der Waals surface area contributed by atoms with Crippen LogP contribution in [0.2, 0.25) is 0 Å². The Hall–Kier alpha value is -1.85. The van der Waals surface area contributed by atoms with Gasteiger partial charge >= 0.3 is 11.9 Å². The van der Waals surface area contributed by atoms with Crippen LogP contribution in [-0.4, -0.2) is 35.6 Å². The number of rotatable bonds is 27. The van der Waals surface area contributed by atoms with Gasteiger partial charge in [0.2, 0.25) is 5.91 Å². The van der Waals surface area contributed by atoms with Gasteiger partial charge in [-0.05, 0) is 44.6 Å². The smallest absolute Gasteiger partial charge is 0.322 e. The molecule has 0 aliphatic heterocycles. The van der Waals surface area contributed by atoms with E-state index in [0.717, 1.165) is 51.4 Å². The van der Waals surface area contributed by atoms with Crippen molar-refractivity contribution >= 4 is 17.8 Å². The number of carboxylic acids is 1. The highest BCUT2D eigenvalue weighted by molar-refractivity contribution is 5.80. The van der Waals surface area contributed by atoms with Gasteiger partial charge in [-0.25, -0.2) is 0 Å². The van der Waals surface area contributed by atoms with E-state index >= 15 is 0 Å². The van der Waals surface area contributed by atoms with Crippen LogP contribution >= 0.6 is 0 Å². The second-order valence-corrected chi connectivity index (χ2v) is 10.4. The molecule has 0 aromatic rings. The Morgan fingerprint density at radius 3 is 1.81 bits per heavy atom. The Kier molecular flexibility index (Phi) is 25.8. The Bertz CT molecular complexity index is 590. The molecule has 1 unspecified atom stereocenters. The summed E-state index contributed by atoms with van der Waals surface area (Å²) >= 11 is 0. The average Bonchev–Trinajstić information content (AvgIpc) is 2.87. The molecule has 1 amide bonds. The fourth-order valence-electron chi connectivity index (χ4n) is 4.36. The Labute approximate surface area is 227 Å². The summed E-state index contributed by atoms with van der Waals surface area (Å²) < 4.78 is 5.82. The van der Waals surface area contributed by atoms with E-state index in [2.05, 4.69) is 31.3 Å². The lowest BCUT2D eigenvalue weighted by Crippen LogP contribution is -2.28. The molecule has 6 nitrogen and oxygen atoms in total. The SMILES string of the molecule is CCCCCCC/C=C\C(CCCCCCC(=O)NCC(=O)O)OC(=O)CCCCCCCCCCC. The first-order chi connectivity index (χ1) is 18.0. The summed E-state index contributed by atoms with van der Waals surface area (Å²) in [6.45, 7) is 4.14. The monoisotopic (exact) mass is 523 g/mol. The van der Waals surface area contributed by atoms with Crippen molar-refractivity contribution < 1.29 is 24.2 Å². The Morgan fingerprint density at radius 1 is 0.703 bits per heavy atom. The molecule has 0 rings (SSSR count). The van der Waals surface area contributed by atoms with Crippen LogP contribution < -0.4 is 5.32 Å². The van der Waals surface area contributed by atoms with Crippen LogP contribution in [-0.2, 0) is 19.1 Å². The summed E-state index contributed by atoms with van der Waals surface area (Å²) in [5.41, 5.74) is 0. The molecular weight excluding hydrogens is 466 g/mol. The highest BCUT2D eigenvalue weighted by Crippen LogP contribution is 2.15. The maximum Gasteiger partial charge on any atom is 0.322 e. The minimum absolute atomic E-state index is 0.0874. The lowest BCUT2D eigenvalue weighted by atomic mass is 10.1. The summed E-state index contributed by atoms with van der Waals surface area (Å²) in [6, 6.07) is 0. The van der Waals surface area contributed by atoms with Gasteiger partial charge in [-0.1, -0.05) is 110 Å². The Balaban J connectivity index is 4.20. The maximum atomic E-state index is 12.4. The number of hydrogen-bond acceptors (Lipinski definition) is 4. The predicted octanol–water partition coefficient (Wildman–Crippen LogP) is 8.28. The van der Waals surface area contributed by atoms with E-state index in [4.69, 9.17) is 9.84 Å². The second-order valence-electron chi connectivity index (χ2n) is 10.4. The molecule has 37 heavy (non-hydrogen) atoms. The summed E-state index contributed by atoms with van der Waals surface area (Å²) in [4.78, 5) is 34.5. The van der Waals surface area contributed by atoms with Crippen LogP contribution in [0.3, 0.4) is 0 Å². The van der Waals surface area contributed by atoms with Crippen molar-refractivity contribution in [1.82, 2.24) is 5.32 Å². The number of amides is 1. The molecule has 2 N–H and O–H groups in total. The van der Waals surface area contributed by atoms with Gasteiger partial charge in [0.1, 0.15) is 12.6 Å². The van der Waals surface area contributed by atoms with Crippen molar-refractivity contribution in [2.75, 3.05) is 6.54 Å². The molecule has 0 aromatic carbocycles. The highest BCUT2D eigenvalue weighted by atomic mass is 16.5. The zero-order valence-electron chi connectivity index (χ0n) is 24.1.